The Hall–Kier alpha value is -1.69. The number of amides is 1. The topological polar surface area (TPSA) is 65.5 Å². The lowest BCUT2D eigenvalue weighted by Gasteiger charge is -2.34. The van der Waals surface area contributed by atoms with Gasteiger partial charge in [-0.3, -0.25) is 4.79 Å². The highest BCUT2D eigenvalue weighted by Gasteiger charge is 2.27. The Labute approximate surface area is 124 Å². The predicted molar refractivity (Wildman–Crippen MR) is 78.7 cm³/mol. The third-order valence-corrected chi connectivity index (χ3v) is 3.94. The van der Waals surface area contributed by atoms with Crippen LogP contribution in [0.5, 0.6) is 0 Å². The van der Waals surface area contributed by atoms with Gasteiger partial charge in [0.25, 0.3) is 5.91 Å². The zero-order valence-electron chi connectivity index (χ0n) is 12.3. The quantitative estimate of drug-likeness (QED) is 0.872. The Kier molecular flexibility index (Phi) is 5.50. The monoisotopic (exact) mass is 295 g/mol. The molecule has 1 saturated carbocycles. The molecule has 0 radical (unpaired) electrons. The van der Waals surface area contributed by atoms with Gasteiger partial charge in [-0.1, -0.05) is 19.3 Å². The van der Waals surface area contributed by atoms with Crippen LogP contribution in [-0.4, -0.2) is 47.1 Å². The lowest BCUT2D eigenvalue weighted by atomic mass is 9.93. The van der Waals surface area contributed by atoms with Gasteiger partial charge >= 0.3 is 0 Å². The molecule has 0 spiro atoms. The first-order chi connectivity index (χ1) is 10.2. The summed E-state index contributed by atoms with van der Waals surface area (Å²) in [4.78, 5) is 18.3. The summed E-state index contributed by atoms with van der Waals surface area (Å²) >= 11 is 0. The summed E-state index contributed by atoms with van der Waals surface area (Å²) in [7, 11) is 1.65. The Morgan fingerprint density at radius 3 is 2.81 bits per heavy atom. The van der Waals surface area contributed by atoms with Gasteiger partial charge < -0.3 is 15.3 Å². The van der Waals surface area contributed by atoms with E-state index in [1.165, 1.54) is 12.5 Å². The maximum atomic E-state index is 13.4. The minimum atomic E-state index is -0.537. The molecule has 1 aliphatic rings. The highest BCUT2D eigenvalue weighted by Crippen LogP contribution is 2.25. The van der Waals surface area contributed by atoms with Crippen molar-refractivity contribution in [3.63, 3.8) is 0 Å². The summed E-state index contributed by atoms with van der Waals surface area (Å²) in [5.74, 6) is -0.447. The standard InChI is InChI=1S/C15H22FN3O2/c1-17-14-13(9-11(16)10-18-14)15(21)19(7-8-20)12-5-3-2-4-6-12/h9-10,12,20H,2-8H2,1H3,(H,17,18). The molecule has 5 nitrogen and oxygen atoms in total. The highest BCUT2D eigenvalue weighted by molar-refractivity contribution is 5.98. The lowest BCUT2D eigenvalue weighted by molar-refractivity contribution is 0.0585. The molecule has 1 amide bonds. The van der Waals surface area contributed by atoms with Crippen LogP contribution < -0.4 is 5.32 Å². The number of nitrogens with zero attached hydrogens (tertiary/aromatic N) is 2. The molecule has 2 rings (SSSR count). The average molecular weight is 295 g/mol. The van der Waals surface area contributed by atoms with Crippen molar-refractivity contribution in [1.29, 1.82) is 0 Å². The molecule has 0 bridgehead atoms. The first kappa shape index (κ1) is 15.7. The van der Waals surface area contributed by atoms with Crippen molar-refractivity contribution >= 4 is 11.7 Å². The summed E-state index contributed by atoms with van der Waals surface area (Å²) in [6.07, 6.45) is 6.30. The van der Waals surface area contributed by atoms with Gasteiger partial charge in [-0.15, -0.1) is 0 Å². The van der Waals surface area contributed by atoms with Gasteiger partial charge in [-0.05, 0) is 18.9 Å². The summed E-state index contributed by atoms with van der Waals surface area (Å²) in [5.41, 5.74) is 0.219. The van der Waals surface area contributed by atoms with E-state index < -0.39 is 5.82 Å². The van der Waals surface area contributed by atoms with Crippen molar-refractivity contribution in [3.05, 3.63) is 23.6 Å². The molecule has 0 aliphatic heterocycles. The maximum absolute atomic E-state index is 13.4. The third-order valence-electron chi connectivity index (χ3n) is 3.94. The zero-order chi connectivity index (χ0) is 15.2. The molecular weight excluding hydrogens is 273 g/mol. The number of pyridine rings is 1. The van der Waals surface area contributed by atoms with Crippen molar-refractivity contribution in [2.45, 2.75) is 38.1 Å². The number of carbonyl (C=O) groups is 1. The first-order valence-electron chi connectivity index (χ1n) is 7.42. The van der Waals surface area contributed by atoms with E-state index in [-0.39, 0.29) is 30.7 Å². The SMILES string of the molecule is CNc1ncc(F)cc1C(=O)N(CCO)C1CCCCC1. The van der Waals surface area contributed by atoms with Crippen LogP contribution in [0.15, 0.2) is 12.3 Å². The minimum absolute atomic E-state index is 0.0974. The average Bonchev–Trinajstić information content (AvgIpc) is 2.52. The van der Waals surface area contributed by atoms with Gasteiger partial charge in [0.05, 0.1) is 18.4 Å². The van der Waals surface area contributed by atoms with Crippen molar-refractivity contribution in [2.24, 2.45) is 0 Å². The van der Waals surface area contributed by atoms with Crippen LogP contribution in [0, 0.1) is 5.82 Å². The van der Waals surface area contributed by atoms with Gasteiger partial charge in [-0.2, -0.15) is 0 Å². The van der Waals surface area contributed by atoms with Crippen molar-refractivity contribution in [1.82, 2.24) is 9.88 Å². The second-order valence-electron chi connectivity index (χ2n) is 5.31. The Morgan fingerprint density at radius 2 is 2.19 bits per heavy atom. The summed E-state index contributed by atoms with van der Waals surface area (Å²) < 4.78 is 13.4. The number of aliphatic hydroxyl groups is 1. The molecule has 21 heavy (non-hydrogen) atoms. The van der Waals surface area contributed by atoms with Gasteiger partial charge in [0.15, 0.2) is 0 Å². The maximum Gasteiger partial charge on any atom is 0.258 e. The lowest BCUT2D eigenvalue weighted by Crippen LogP contribution is -2.43. The number of rotatable bonds is 5. The van der Waals surface area contributed by atoms with E-state index in [1.807, 2.05) is 0 Å². The molecule has 1 aromatic heterocycles. The van der Waals surface area contributed by atoms with E-state index in [2.05, 4.69) is 10.3 Å². The van der Waals surface area contributed by atoms with Crippen molar-refractivity contribution in [3.8, 4) is 0 Å². The Balaban J connectivity index is 2.27. The number of hydrogen-bond acceptors (Lipinski definition) is 4. The number of nitrogens with one attached hydrogen (secondary N) is 1. The molecule has 1 fully saturated rings. The van der Waals surface area contributed by atoms with E-state index in [0.29, 0.717) is 5.82 Å². The molecule has 116 valence electrons. The summed E-state index contributed by atoms with van der Waals surface area (Å²) in [6, 6.07) is 1.32. The van der Waals surface area contributed by atoms with Gasteiger partial charge in [0.2, 0.25) is 0 Å². The van der Waals surface area contributed by atoms with Crippen LogP contribution >= 0.6 is 0 Å². The minimum Gasteiger partial charge on any atom is -0.395 e. The third kappa shape index (κ3) is 3.69. The van der Waals surface area contributed by atoms with Crippen LogP contribution in [0.2, 0.25) is 0 Å². The zero-order valence-corrected chi connectivity index (χ0v) is 12.3. The van der Waals surface area contributed by atoms with Gasteiger partial charge in [0, 0.05) is 19.6 Å². The molecule has 6 heteroatoms. The van der Waals surface area contributed by atoms with Gasteiger partial charge in [-0.25, -0.2) is 9.37 Å². The van der Waals surface area contributed by atoms with Crippen LogP contribution in [0.4, 0.5) is 10.2 Å². The number of aromatic nitrogens is 1. The van der Waals surface area contributed by atoms with Crippen LogP contribution in [0.25, 0.3) is 0 Å². The van der Waals surface area contributed by atoms with Crippen molar-refractivity contribution in [2.75, 3.05) is 25.5 Å². The Bertz CT molecular complexity index is 490. The number of aliphatic hydroxyl groups excluding tert-OH is 1. The van der Waals surface area contributed by atoms with E-state index in [4.69, 9.17) is 0 Å². The molecule has 1 aromatic rings. The summed E-state index contributed by atoms with van der Waals surface area (Å²) in [6.45, 7) is 0.170. The van der Waals surface area contributed by atoms with E-state index in [9.17, 15) is 14.3 Å². The highest BCUT2D eigenvalue weighted by atomic mass is 19.1. The number of carbonyl (C=O) groups excluding carboxylic acids is 1. The van der Waals surface area contributed by atoms with E-state index in [1.54, 1.807) is 11.9 Å². The van der Waals surface area contributed by atoms with E-state index in [0.717, 1.165) is 31.9 Å². The van der Waals surface area contributed by atoms with Crippen LogP contribution in [-0.2, 0) is 0 Å². The largest absolute Gasteiger partial charge is 0.395 e. The predicted octanol–water partition coefficient (Wildman–Crippen LogP) is 2.03. The van der Waals surface area contributed by atoms with Crippen LogP contribution in [0.1, 0.15) is 42.5 Å². The molecule has 0 atom stereocenters. The van der Waals surface area contributed by atoms with Gasteiger partial charge in [0.1, 0.15) is 11.6 Å². The molecule has 0 aromatic carbocycles. The fraction of sp³-hybridized carbons (Fsp3) is 0.600. The molecule has 1 heterocycles. The fourth-order valence-electron chi connectivity index (χ4n) is 2.91. The fourth-order valence-corrected chi connectivity index (χ4v) is 2.91. The molecule has 0 saturated heterocycles. The molecule has 2 N–H and O–H groups in total. The number of anilines is 1. The normalized spacial score (nSPS) is 15.8. The smallest absolute Gasteiger partial charge is 0.258 e. The second kappa shape index (κ2) is 7.36. The summed E-state index contributed by atoms with van der Waals surface area (Å²) in [5, 5.41) is 12.1. The first-order valence-corrected chi connectivity index (χ1v) is 7.42. The molecule has 1 aliphatic carbocycles. The number of halogens is 1. The molecular formula is C15H22FN3O2. The second-order valence-corrected chi connectivity index (χ2v) is 5.31. The van der Waals surface area contributed by atoms with Crippen molar-refractivity contribution < 1.29 is 14.3 Å². The van der Waals surface area contributed by atoms with E-state index >= 15 is 0 Å². The molecule has 0 unspecified atom stereocenters. The number of hydrogen-bond donors (Lipinski definition) is 2. The van der Waals surface area contributed by atoms with Crippen LogP contribution in [0.3, 0.4) is 0 Å². The Morgan fingerprint density at radius 1 is 1.48 bits per heavy atom.